The monoisotopic (exact) mass is 623 g/mol. The Bertz CT molecular complexity index is 1820. The van der Waals surface area contributed by atoms with Crippen molar-refractivity contribution in [3.63, 3.8) is 0 Å². The molecule has 4 aromatic rings. The fraction of sp³-hybridized carbons (Fsp3) is 0.172. The molecule has 0 fully saturated rings. The maximum absolute atomic E-state index is 13.6. The lowest BCUT2D eigenvalue weighted by Crippen LogP contribution is -2.07. The molecular formula is C29H30FN7O4S2. The summed E-state index contributed by atoms with van der Waals surface area (Å²) in [4.78, 5) is 9.34. The second kappa shape index (κ2) is 12.7. The summed E-state index contributed by atoms with van der Waals surface area (Å²) < 4.78 is 60.7. The Balaban J connectivity index is 1.61. The van der Waals surface area contributed by atoms with E-state index in [2.05, 4.69) is 36.3 Å². The van der Waals surface area contributed by atoms with Gasteiger partial charge in [-0.1, -0.05) is 24.3 Å². The Hall–Kier alpha value is -4.69. The van der Waals surface area contributed by atoms with E-state index >= 15 is 0 Å². The first-order valence-corrected chi connectivity index (χ1v) is 16.6. The quantitative estimate of drug-likeness (QED) is 0.161. The number of hydrazone groups is 2. The minimum Gasteiger partial charge on any atom is -0.324 e. The predicted molar refractivity (Wildman–Crippen MR) is 167 cm³/mol. The average molecular weight is 624 g/mol. The number of sulfone groups is 2. The lowest BCUT2D eigenvalue weighted by molar-refractivity contribution is 0.600. The fourth-order valence-corrected chi connectivity index (χ4v) is 5.06. The number of anilines is 4. The smallest absolute Gasteiger partial charge is 0.231 e. The molecule has 0 bridgehead atoms. The number of aryl methyl sites for hydroxylation is 1. The van der Waals surface area contributed by atoms with Crippen LogP contribution in [0.3, 0.4) is 0 Å². The number of nitrogens with one attached hydrogen (secondary N) is 3. The van der Waals surface area contributed by atoms with E-state index in [1.807, 2.05) is 0 Å². The maximum Gasteiger partial charge on any atom is 0.231 e. The highest BCUT2D eigenvalue weighted by atomic mass is 32.2. The van der Waals surface area contributed by atoms with Gasteiger partial charge in [-0.3, -0.25) is 10.9 Å². The summed E-state index contributed by atoms with van der Waals surface area (Å²) in [7, 11) is -6.64. The van der Waals surface area contributed by atoms with Gasteiger partial charge in [-0.15, -0.1) is 0 Å². The summed E-state index contributed by atoms with van der Waals surface area (Å²) in [5.74, 6) is 0.415. The van der Waals surface area contributed by atoms with Crippen molar-refractivity contribution in [2.75, 3.05) is 28.7 Å². The van der Waals surface area contributed by atoms with E-state index in [1.165, 1.54) is 36.4 Å². The van der Waals surface area contributed by atoms with Gasteiger partial charge in [0.1, 0.15) is 5.82 Å². The molecule has 3 N–H and O–H groups in total. The molecule has 1 aromatic heterocycles. The molecule has 224 valence electrons. The van der Waals surface area contributed by atoms with Crippen molar-refractivity contribution in [1.29, 1.82) is 0 Å². The Kier molecular flexibility index (Phi) is 9.21. The van der Waals surface area contributed by atoms with Crippen LogP contribution in [0.4, 0.5) is 27.7 Å². The van der Waals surface area contributed by atoms with Gasteiger partial charge in [0.15, 0.2) is 31.3 Å². The highest BCUT2D eigenvalue weighted by molar-refractivity contribution is 7.91. The molecule has 0 atom stereocenters. The molecule has 0 aliphatic carbocycles. The molecule has 11 nitrogen and oxygen atoms in total. The molecule has 4 rings (SSSR count). The number of hydrogen-bond acceptors (Lipinski definition) is 11. The molecule has 0 saturated heterocycles. The van der Waals surface area contributed by atoms with E-state index in [9.17, 15) is 21.2 Å². The van der Waals surface area contributed by atoms with Crippen LogP contribution in [0.1, 0.15) is 30.5 Å². The minimum absolute atomic E-state index is 0.179. The van der Waals surface area contributed by atoms with Crippen LogP contribution in [-0.2, 0) is 19.7 Å². The fourth-order valence-electron chi connectivity index (χ4n) is 3.80. The molecule has 0 amide bonds. The molecule has 43 heavy (non-hydrogen) atoms. The van der Waals surface area contributed by atoms with Gasteiger partial charge in [-0.25, -0.2) is 21.2 Å². The number of benzene rings is 3. The Morgan fingerprint density at radius 3 is 1.53 bits per heavy atom. The molecule has 3 aromatic carbocycles. The molecular weight excluding hydrogens is 593 g/mol. The van der Waals surface area contributed by atoms with Crippen molar-refractivity contribution in [1.82, 2.24) is 9.97 Å². The first-order valence-electron chi connectivity index (χ1n) is 12.8. The first kappa shape index (κ1) is 31.3. The van der Waals surface area contributed by atoms with Gasteiger partial charge in [0.2, 0.25) is 5.95 Å². The zero-order valence-electron chi connectivity index (χ0n) is 24.0. The van der Waals surface area contributed by atoms with Crippen molar-refractivity contribution in [3.05, 3.63) is 95.3 Å². The molecule has 0 unspecified atom stereocenters. The second-order valence-corrected chi connectivity index (χ2v) is 13.8. The Morgan fingerprint density at radius 1 is 0.698 bits per heavy atom. The molecule has 0 radical (unpaired) electrons. The number of halogens is 1. The first-order chi connectivity index (χ1) is 20.2. The van der Waals surface area contributed by atoms with Gasteiger partial charge in [0.25, 0.3) is 0 Å². The van der Waals surface area contributed by atoms with Crippen LogP contribution in [0.5, 0.6) is 0 Å². The Morgan fingerprint density at radius 2 is 1.14 bits per heavy atom. The number of nitrogens with zero attached hydrogens (tertiary/aromatic N) is 4. The van der Waals surface area contributed by atoms with E-state index in [-0.39, 0.29) is 21.6 Å². The van der Waals surface area contributed by atoms with Gasteiger partial charge >= 0.3 is 0 Å². The van der Waals surface area contributed by atoms with E-state index in [1.54, 1.807) is 57.2 Å². The molecule has 0 saturated carbocycles. The highest BCUT2D eigenvalue weighted by Crippen LogP contribution is 2.22. The van der Waals surface area contributed by atoms with Gasteiger partial charge < -0.3 is 5.32 Å². The van der Waals surface area contributed by atoms with E-state index in [0.29, 0.717) is 45.4 Å². The van der Waals surface area contributed by atoms with Crippen LogP contribution < -0.4 is 16.2 Å². The topological polar surface area (TPSA) is 155 Å². The summed E-state index contributed by atoms with van der Waals surface area (Å²) in [6.07, 6.45) is 2.29. The zero-order valence-corrected chi connectivity index (χ0v) is 25.7. The summed E-state index contributed by atoms with van der Waals surface area (Å²) >= 11 is 0. The standard InChI is InChI=1S/C29H30FN7O4S2/c1-18-16-23(30)10-15-26(18)31-29-32-27(36-34-19(2)21-6-11-24(12-7-21)42(4,38)39)17-28(33-29)37-35-20(3)22-8-13-25(14-9-22)43(5,40)41/h6-17H,1-5H3,(H3,31,32,33,36,37). The Labute approximate surface area is 249 Å². The summed E-state index contributed by atoms with van der Waals surface area (Å²) in [5, 5.41) is 11.8. The van der Waals surface area contributed by atoms with Gasteiger partial charge in [-0.05, 0) is 79.9 Å². The van der Waals surface area contributed by atoms with Gasteiger partial charge in [0, 0.05) is 24.3 Å². The summed E-state index contributed by atoms with van der Waals surface area (Å²) in [6.45, 7) is 5.26. The lowest BCUT2D eigenvalue weighted by Gasteiger charge is -2.12. The van der Waals surface area contributed by atoms with Gasteiger partial charge in [-0.2, -0.15) is 20.2 Å². The van der Waals surface area contributed by atoms with Crippen molar-refractivity contribution in [2.45, 2.75) is 30.6 Å². The minimum atomic E-state index is -3.32. The van der Waals surface area contributed by atoms with E-state index in [0.717, 1.165) is 12.5 Å². The third-order valence-corrected chi connectivity index (χ3v) is 8.49. The predicted octanol–water partition coefficient (Wildman–Crippen LogP) is 5.15. The van der Waals surface area contributed by atoms with Crippen LogP contribution in [0.2, 0.25) is 0 Å². The normalized spacial score (nSPS) is 12.6. The highest BCUT2D eigenvalue weighted by Gasteiger charge is 2.11. The number of hydrogen-bond donors (Lipinski definition) is 3. The van der Waals surface area contributed by atoms with Crippen molar-refractivity contribution < 1.29 is 21.2 Å². The third-order valence-electron chi connectivity index (χ3n) is 6.24. The zero-order chi connectivity index (χ0) is 31.4. The van der Waals surface area contributed by atoms with Crippen LogP contribution in [0.25, 0.3) is 0 Å². The van der Waals surface area contributed by atoms with Crippen LogP contribution in [0.15, 0.2) is 92.8 Å². The maximum atomic E-state index is 13.6. The molecule has 0 aliphatic rings. The van der Waals surface area contributed by atoms with Crippen LogP contribution in [0, 0.1) is 12.7 Å². The lowest BCUT2D eigenvalue weighted by atomic mass is 10.1. The summed E-state index contributed by atoms with van der Waals surface area (Å²) in [6, 6.07) is 18.6. The van der Waals surface area contributed by atoms with Crippen LogP contribution >= 0.6 is 0 Å². The SMILES string of the molecule is CC(=NNc1cc(NN=C(C)c2ccc(S(C)(=O)=O)cc2)nc(Nc2ccc(F)cc2C)n1)c1ccc(S(C)(=O)=O)cc1. The van der Waals surface area contributed by atoms with Crippen molar-refractivity contribution in [2.24, 2.45) is 10.2 Å². The number of rotatable bonds is 10. The molecule has 1 heterocycles. The van der Waals surface area contributed by atoms with E-state index in [4.69, 9.17) is 0 Å². The van der Waals surface area contributed by atoms with E-state index < -0.39 is 19.7 Å². The third kappa shape index (κ3) is 8.42. The molecule has 0 aliphatic heterocycles. The van der Waals surface area contributed by atoms with Crippen LogP contribution in [-0.4, -0.2) is 50.7 Å². The largest absolute Gasteiger partial charge is 0.324 e. The molecule has 0 spiro atoms. The number of aromatic nitrogens is 2. The van der Waals surface area contributed by atoms with Crippen molar-refractivity contribution in [3.8, 4) is 0 Å². The average Bonchev–Trinajstić information content (AvgIpc) is 2.95. The molecule has 14 heteroatoms. The van der Waals surface area contributed by atoms with Crippen molar-refractivity contribution >= 4 is 54.4 Å². The van der Waals surface area contributed by atoms with Gasteiger partial charge in [0.05, 0.1) is 21.2 Å². The second-order valence-electron chi connectivity index (χ2n) is 9.76. The summed E-state index contributed by atoms with van der Waals surface area (Å²) in [5.41, 5.74) is 9.58.